The number of fused-ring (bicyclic) bond motifs is 5. The average molecular weight is 449 g/mol. The molecule has 8 nitrogen and oxygen atoms in total. The van der Waals surface area contributed by atoms with Crippen LogP contribution in [0, 0.1) is 6.92 Å². The van der Waals surface area contributed by atoms with Crippen molar-refractivity contribution >= 4 is 22.8 Å². The van der Waals surface area contributed by atoms with Crippen molar-refractivity contribution in [2.45, 2.75) is 38.5 Å². The molecular weight excluding hydrogens is 426 g/mol. The molecule has 3 aromatic rings. The van der Waals surface area contributed by atoms with Crippen LogP contribution >= 0.6 is 0 Å². The predicted molar refractivity (Wildman–Crippen MR) is 119 cm³/mol. The Morgan fingerprint density at radius 1 is 1.15 bits per heavy atom. The van der Waals surface area contributed by atoms with Crippen molar-refractivity contribution < 1.29 is 28.2 Å². The summed E-state index contributed by atoms with van der Waals surface area (Å²) < 4.78 is 22.3. The molecule has 0 radical (unpaired) electrons. The zero-order valence-electron chi connectivity index (χ0n) is 18.4. The van der Waals surface area contributed by atoms with Gasteiger partial charge in [0, 0.05) is 17.0 Å². The Kier molecular flexibility index (Phi) is 5.08. The van der Waals surface area contributed by atoms with Gasteiger partial charge in [0.15, 0.2) is 18.1 Å². The second-order valence-electron chi connectivity index (χ2n) is 8.41. The van der Waals surface area contributed by atoms with Crippen molar-refractivity contribution in [3.05, 3.63) is 62.5 Å². The van der Waals surface area contributed by atoms with Crippen molar-refractivity contribution in [1.29, 1.82) is 0 Å². The molecule has 33 heavy (non-hydrogen) atoms. The summed E-state index contributed by atoms with van der Waals surface area (Å²) >= 11 is 0. The fourth-order valence-electron chi connectivity index (χ4n) is 4.96. The molecule has 2 aliphatic rings. The first kappa shape index (κ1) is 21.1. The van der Waals surface area contributed by atoms with Gasteiger partial charge in [-0.05, 0) is 61.1 Å². The van der Waals surface area contributed by atoms with Gasteiger partial charge in [0.05, 0.1) is 18.9 Å². The fourth-order valence-corrected chi connectivity index (χ4v) is 4.96. The molecule has 1 amide bonds. The fraction of sp³-hybridized carbons (Fsp3) is 0.320. The van der Waals surface area contributed by atoms with Gasteiger partial charge in [0.1, 0.15) is 11.3 Å². The van der Waals surface area contributed by atoms with Crippen molar-refractivity contribution in [1.82, 2.24) is 0 Å². The summed E-state index contributed by atoms with van der Waals surface area (Å²) in [6, 6.07) is 7.20. The molecule has 5 rings (SSSR count). The van der Waals surface area contributed by atoms with Crippen molar-refractivity contribution in [3.63, 3.8) is 0 Å². The number of primary amides is 1. The van der Waals surface area contributed by atoms with Gasteiger partial charge in [-0.15, -0.1) is 0 Å². The standard InChI is InChI=1S/C25H23NO7/c1-12-8-19-23(14-4-3-5-15(14)25(29)32-19)24-22(12)16(10-21(28)33-24)13-6-7-17(30-2)18(9-13)31-11-20(26)27/h6-9,16H,3-5,10-11H2,1-2H3,(H2,26,27)/t16-/m1/s1. The van der Waals surface area contributed by atoms with E-state index in [-0.39, 0.29) is 30.5 Å². The molecule has 0 saturated heterocycles. The monoisotopic (exact) mass is 449 g/mol. The van der Waals surface area contributed by atoms with Crippen molar-refractivity contribution in [2.75, 3.05) is 13.7 Å². The number of hydrogen-bond donors (Lipinski definition) is 1. The number of methoxy groups -OCH3 is 1. The number of carbonyl (C=O) groups excluding carboxylic acids is 2. The third kappa shape index (κ3) is 3.51. The lowest BCUT2D eigenvalue weighted by Crippen LogP contribution is -2.23. The minimum Gasteiger partial charge on any atom is -0.493 e. The van der Waals surface area contributed by atoms with Gasteiger partial charge in [0.25, 0.3) is 5.91 Å². The van der Waals surface area contributed by atoms with E-state index < -0.39 is 5.91 Å². The Balaban J connectivity index is 1.70. The van der Waals surface area contributed by atoms with E-state index in [0.29, 0.717) is 40.2 Å². The molecule has 0 bridgehead atoms. The summed E-state index contributed by atoms with van der Waals surface area (Å²) in [4.78, 5) is 36.4. The Hall–Kier alpha value is -3.81. The van der Waals surface area contributed by atoms with E-state index in [0.717, 1.165) is 35.1 Å². The van der Waals surface area contributed by atoms with Gasteiger partial charge in [-0.25, -0.2) is 4.79 Å². The maximum atomic E-state index is 12.7. The lowest BCUT2D eigenvalue weighted by Gasteiger charge is -2.28. The third-order valence-electron chi connectivity index (χ3n) is 6.35. The second-order valence-corrected chi connectivity index (χ2v) is 8.41. The molecule has 1 atom stereocenters. The average Bonchev–Trinajstić information content (AvgIpc) is 3.27. The number of carbonyl (C=O) groups is 2. The zero-order valence-corrected chi connectivity index (χ0v) is 18.4. The summed E-state index contributed by atoms with van der Waals surface area (Å²) in [5.41, 5.74) is 9.45. The van der Waals surface area contributed by atoms with Crippen LogP contribution in [0.1, 0.15) is 46.6 Å². The number of aryl methyl sites for hydroxylation is 2. The van der Waals surface area contributed by atoms with Gasteiger partial charge < -0.3 is 24.4 Å². The Bertz CT molecular complexity index is 1370. The van der Waals surface area contributed by atoms with E-state index in [1.165, 1.54) is 7.11 Å². The van der Waals surface area contributed by atoms with E-state index in [9.17, 15) is 14.4 Å². The van der Waals surface area contributed by atoms with Crippen LogP contribution in [0.25, 0.3) is 11.0 Å². The number of nitrogens with two attached hydrogens (primary N) is 1. The molecule has 2 N–H and O–H groups in total. The minimum absolute atomic E-state index is 0.139. The molecule has 2 aromatic carbocycles. The first-order valence-corrected chi connectivity index (χ1v) is 10.8. The van der Waals surface area contributed by atoms with Gasteiger partial charge in [-0.3, -0.25) is 9.59 Å². The normalized spacial score (nSPS) is 16.8. The molecular formula is C25H23NO7. The summed E-state index contributed by atoms with van der Waals surface area (Å²) in [5, 5.41) is 0.708. The summed E-state index contributed by atoms with van der Waals surface area (Å²) in [6.07, 6.45) is 2.40. The number of esters is 1. The minimum atomic E-state index is -0.605. The largest absolute Gasteiger partial charge is 0.493 e. The summed E-state index contributed by atoms with van der Waals surface area (Å²) in [7, 11) is 1.50. The van der Waals surface area contributed by atoms with Crippen molar-refractivity contribution in [2.24, 2.45) is 5.73 Å². The number of amides is 1. The lowest BCUT2D eigenvalue weighted by molar-refractivity contribution is -0.135. The maximum absolute atomic E-state index is 12.7. The molecule has 1 aliphatic carbocycles. The Morgan fingerprint density at radius 3 is 2.70 bits per heavy atom. The highest BCUT2D eigenvalue weighted by atomic mass is 16.5. The highest BCUT2D eigenvalue weighted by Crippen LogP contribution is 2.47. The van der Waals surface area contributed by atoms with E-state index >= 15 is 0 Å². The lowest BCUT2D eigenvalue weighted by atomic mass is 9.82. The quantitative estimate of drug-likeness (QED) is 0.361. The van der Waals surface area contributed by atoms with E-state index in [2.05, 4.69) is 0 Å². The van der Waals surface area contributed by atoms with Crippen LogP contribution in [-0.4, -0.2) is 25.6 Å². The first-order chi connectivity index (χ1) is 15.9. The molecule has 1 aromatic heterocycles. The van der Waals surface area contributed by atoms with Crippen LogP contribution in [0.2, 0.25) is 0 Å². The third-order valence-corrected chi connectivity index (χ3v) is 6.35. The van der Waals surface area contributed by atoms with Gasteiger partial charge in [-0.2, -0.15) is 0 Å². The first-order valence-electron chi connectivity index (χ1n) is 10.8. The van der Waals surface area contributed by atoms with Crippen LogP contribution in [0.5, 0.6) is 17.2 Å². The molecule has 0 saturated carbocycles. The molecule has 8 heteroatoms. The topological polar surface area (TPSA) is 118 Å². The number of rotatable bonds is 5. The predicted octanol–water partition coefficient (Wildman–Crippen LogP) is 2.90. The maximum Gasteiger partial charge on any atom is 0.339 e. The number of ether oxygens (including phenoxy) is 3. The van der Waals surface area contributed by atoms with Gasteiger partial charge >= 0.3 is 11.6 Å². The number of hydrogen-bond acceptors (Lipinski definition) is 7. The molecule has 0 unspecified atom stereocenters. The molecule has 170 valence electrons. The SMILES string of the molecule is COc1ccc([C@H]2CC(=O)Oc3c2c(C)cc2oc(=O)c4c(c32)CCC4)cc1OCC(N)=O. The second kappa shape index (κ2) is 7.95. The van der Waals surface area contributed by atoms with Crippen LogP contribution in [-0.2, 0) is 22.4 Å². The Labute approximate surface area is 189 Å². The summed E-state index contributed by atoms with van der Waals surface area (Å²) in [6.45, 7) is 1.61. The van der Waals surface area contributed by atoms with E-state index in [1.54, 1.807) is 12.1 Å². The molecule has 0 fully saturated rings. The smallest absolute Gasteiger partial charge is 0.339 e. The number of benzene rings is 2. The van der Waals surface area contributed by atoms with E-state index in [1.807, 2.05) is 19.1 Å². The highest BCUT2D eigenvalue weighted by molar-refractivity contribution is 5.95. The molecule has 2 heterocycles. The van der Waals surface area contributed by atoms with Crippen LogP contribution < -0.4 is 25.6 Å². The zero-order chi connectivity index (χ0) is 23.3. The highest BCUT2D eigenvalue weighted by Gasteiger charge is 2.34. The van der Waals surface area contributed by atoms with E-state index in [4.69, 9.17) is 24.4 Å². The Morgan fingerprint density at radius 2 is 1.94 bits per heavy atom. The van der Waals surface area contributed by atoms with Crippen LogP contribution in [0.15, 0.2) is 33.5 Å². The molecule has 1 aliphatic heterocycles. The van der Waals surface area contributed by atoms with Gasteiger partial charge in [0.2, 0.25) is 0 Å². The molecule has 0 spiro atoms. The van der Waals surface area contributed by atoms with Crippen LogP contribution in [0.4, 0.5) is 0 Å². The summed E-state index contributed by atoms with van der Waals surface area (Å²) in [5.74, 6) is -0.00688. The van der Waals surface area contributed by atoms with Gasteiger partial charge in [-0.1, -0.05) is 6.07 Å². The van der Waals surface area contributed by atoms with Crippen LogP contribution in [0.3, 0.4) is 0 Å². The van der Waals surface area contributed by atoms with Crippen molar-refractivity contribution in [3.8, 4) is 17.2 Å².